The second kappa shape index (κ2) is 8.18. The zero-order chi connectivity index (χ0) is 26.6. The van der Waals surface area contributed by atoms with Crippen LogP contribution >= 0.6 is 11.3 Å². The van der Waals surface area contributed by atoms with Crippen LogP contribution in [-0.4, -0.2) is 4.98 Å². The van der Waals surface area contributed by atoms with Gasteiger partial charge in [0.05, 0.1) is 5.69 Å². The van der Waals surface area contributed by atoms with Crippen LogP contribution in [0.25, 0.3) is 31.4 Å². The van der Waals surface area contributed by atoms with Gasteiger partial charge in [0.15, 0.2) is 0 Å². The van der Waals surface area contributed by atoms with Crippen LogP contribution in [0.2, 0.25) is 0 Å². The zero-order valence-corrected chi connectivity index (χ0v) is 19.4. The third-order valence-corrected chi connectivity index (χ3v) is 6.65. The molecule has 0 aliphatic rings. The molecule has 0 aliphatic carbocycles. The molecule has 2 heteroatoms. The molecule has 2 heterocycles. The van der Waals surface area contributed by atoms with Crippen molar-refractivity contribution < 1.29 is 6.85 Å². The van der Waals surface area contributed by atoms with Gasteiger partial charge in [-0.1, -0.05) is 63.2 Å². The Morgan fingerprint density at radius 2 is 1.62 bits per heavy atom. The summed E-state index contributed by atoms with van der Waals surface area (Å²) in [6.45, 7) is 2.90. The summed E-state index contributed by atoms with van der Waals surface area (Å²) in [5.41, 5.74) is 3.25. The molecule has 1 nitrogen and oxygen atoms in total. The molecule has 0 radical (unpaired) electrons. The Balaban J connectivity index is 1.63. The number of thiophene rings is 1. The van der Waals surface area contributed by atoms with Crippen molar-refractivity contribution in [2.45, 2.75) is 40.4 Å². The summed E-state index contributed by atoms with van der Waals surface area (Å²) in [4.78, 5) is 4.49. The first-order valence-corrected chi connectivity index (χ1v) is 11.7. The fourth-order valence-corrected chi connectivity index (χ4v) is 5.11. The van der Waals surface area contributed by atoms with Gasteiger partial charge < -0.3 is 0 Å². The topological polar surface area (TPSA) is 12.9 Å². The lowest BCUT2D eigenvalue weighted by atomic mass is 9.86. The van der Waals surface area contributed by atoms with Gasteiger partial charge in [-0.3, -0.25) is 4.98 Å². The predicted molar refractivity (Wildman–Crippen MR) is 140 cm³/mol. The maximum absolute atomic E-state index is 8.82. The fourth-order valence-electron chi connectivity index (χ4n) is 4.05. The van der Waals surface area contributed by atoms with E-state index in [9.17, 15) is 0 Å². The summed E-state index contributed by atoms with van der Waals surface area (Å²) >= 11 is 1.74. The third kappa shape index (κ3) is 4.33. The van der Waals surface area contributed by atoms with Crippen molar-refractivity contribution in [2.24, 2.45) is 5.41 Å². The van der Waals surface area contributed by atoms with E-state index in [2.05, 4.69) is 59.6 Å². The van der Waals surface area contributed by atoms with Gasteiger partial charge in [-0.05, 0) is 77.6 Å². The maximum atomic E-state index is 8.82. The van der Waals surface area contributed by atoms with Crippen LogP contribution in [0.3, 0.4) is 0 Å². The average molecular weight is 441 g/mol. The van der Waals surface area contributed by atoms with Crippen molar-refractivity contribution in [3.63, 3.8) is 0 Å². The van der Waals surface area contributed by atoms with Crippen LogP contribution in [0.1, 0.15) is 49.9 Å². The third-order valence-electron chi connectivity index (χ3n) is 5.49. The van der Waals surface area contributed by atoms with Crippen molar-refractivity contribution in [2.75, 3.05) is 0 Å². The van der Waals surface area contributed by atoms with E-state index >= 15 is 0 Å². The standard InChI is InChI=1S/C30H29NS/c1-20-19-31-27(17-24(20)18-30(2,3)4)23-11-13-29-26(16-23)25-15-22(10-12-28(25)32-29)14-21-8-6-5-7-9-21/h5-13,15-17,19H,14,18H2,1-4H3/i1D3,18D2. The van der Waals surface area contributed by atoms with Gasteiger partial charge in [0.1, 0.15) is 0 Å². The van der Waals surface area contributed by atoms with Gasteiger partial charge in [-0.2, -0.15) is 0 Å². The molecule has 0 saturated carbocycles. The normalized spacial score (nSPS) is 15.2. The molecule has 3 aromatic carbocycles. The smallest absolute Gasteiger partial charge is 0.0705 e. The lowest BCUT2D eigenvalue weighted by Crippen LogP contribution is -2.10. The largest absolute Gasteiger partial charge is 0.256 e. The number of nitrogens with zero attached hydrogens (tertiary/aromatic N) is 1. The minimum absolute atomic E-state index is 0.0382. The molecule has 0 unspecified atom stereocenters. The van der Waals surface area contributed by atoms with E-state index in [0.29, 0.717) is 5.69 Å². The van der Waals surface area contributed by atoms with E-state index in [4.69, 9.17) is 6.85 Å². The Labute approximate surface area is 201 Å². The molecule has 0 atom stereocenters. The van der Waals surface area contributed by atoms with Crippen molar-refractivity contribution in [3.05, 3.63) is 101 Å². The van der Waals surface area contributed by atoms with E-state index in [1.54, 1.807) is 38.2 Å². The maximum Gasteiger partial charge on any atom is 0.0705 e. The Bertz CT molecular complexity index is 1590. The number of hydrogen-bond acceptors (Lipinski definition) is 2. The Morgan fingerprint density at radius 3 is 2.38 bits per heavy atom. The molecule has 0 amide bonds. The first-order chi connectivity index (χ1) is 17.3. The van der Waals surface area contributed by atoms with Gasteiger partial charge >= 0.3 is 0 Å². The summed E-state index contributed by atoms with van der Waals surface area (Å²) in [5.74, 6) is 0. The number of fused-ring (bicyclic) bond motifs is 3. The van der Waals surface area contributed by atoms with E-state index < -0.39 is 18.6 Å². The van der Waals surface area contributed by atoms with Crippen LogP contribution in [0, 0.1) is 12.3 Å². The van der Waals surface area contributed by atoms with Crippen LogP contribution in [-0.2, 0) is 12.8 Å². The van der Waals surface area contributed by atoms with Crippen molar-refractivity contribution in [3.8, 4) is 11.3 Å². The molecule has 32 heavy (non-hydrogen) atoms. The van der Waals surface area contributed by atoms with Crippen molar-refractivity contribution in [1.82, 2.24) is 4.98 Å². The molecule has 0 N–H and O–H groups in total. The van der Waals surface area contributed by atoms with Gasteiger partial charge in [0, 0.05) is 38.8 Å². The summed E-state index contributed by atoms with van der Waals surface area (Å²) < 4.78 is 44.0. The highest BCUT2D eigenvalue weighted by atomic mass is 32.1. The lowest BCUT2D eigenvalue weighted by Gasteiger charge is -2.20. The van der Waals surface area contributed by atoms with Crippen LogP contribution in [0.5, 0.6) is 0 Å². The van der Waals surface area contributed by atoms with E-state index in [1.807, 2.05) is 12.1 Å². The number of aryl methyl sites for hydroxylation is 1. The second-order valence-corrected chi connectivity index (χ2v) is 10.4. The van der Waals surface area contributed by atoms with Crippen LogP contribution < -0.4 is 0 Å². The molecule has 0 saturated heterocycles. The van der Waals surface area contributed by atoms with E-state index in [1.165, 1.54) is 32.1 Å². The molecule has 160 valence electrons. The monoisotopic (exact) mass is 440 g/mol. The molecule has 0 aliphatic heterocycles. The number of aromatic nitrogens is 1. The SMILES string of the molecule is [2H]C([2H])([2H])c1cnc(-c2ccc3sc4ccc(Cc5ccccc5)cc4c3c2)cc1C([2H])([2H])C(C)(C)C. The zero-order valence-electron chi connectivity index (χ0n) is 23.6. The molecule has 0 spiro atoms. The fraction of sp³-hybridized carbons (Fsp3) is 0.233. The molecule has 5 rings (SSSR count). The first-order valence-electron chi connectivity index (χ1n) is 13.3. The molecular weight excluding hydrogens is 406 g/mol. The van der Waals surface area contributed by atoms with E-state index in [-0.39, 0.29) is 11.1 Å². The highest BCUT2D eigenvalue weighted by Gasteiger charge is 2.15. The predicted octanol–water partition coefficient (Wildman–Crippen LogP) is 8.60. The van der Waals surface area contributed by atoms with Gasteiger partial charge in [0.2, 0.25) is 0 Å². The van der Waals surface area contributed by atoms with Gasteiger partial charge in [-0.15, -0.1) is 11.3 Å². The Morgan fingerprint density at radius 1 is 0.875 bits per heavy atom. The molecule has 0 fully saturated rings. The Kier molecular flexibility index (Phi) is 4.03. The minimum Gasteiger partial charge on any atom is -0.256 e. The lowest BCUT2D eigenvalue weighted by molar-refractivity contribution is 0.410. The summed E-state index contributed by atoms with van der Waals surface area (Å²) in [7, 11) is 0. The molecule has 2 aromatic heterocycles. The van der Waals surface area contributed by atoms with Gasteiger partial charge in [-0.25, -0.2) is 0 Å². The summed E-state index contributed by atoms with van der Waals surface area (Å²) in [6, 6.07) is 24.8. The Hall–Kier alpha value is -2.97. The van der Waals surface area contributed by atoms with Crippen molar-refractivity contribution in [1.29, 1.82) is 0 Å². The highest BCUT2D eigenvalue weighted by molar-refractivity contribution is 7.25. The number of benzene rings is 3. The average Bonchev–Trinajstić information content (AvgIpc) is 3.20. The minimum atomic E-state index is -2.46. The number of pyridine rings is 1. The summed E-state index contributed by atoms with van der Waals surface area (Å²) in [5, 5.41) is 2.30. The number of hydrogen-bond donors (Lipinski definition) is 0. The molecular formula is C30H29NS. The quantitative estimate of drug-likeness (QED) is 0.272. The molecule has 0 bridgehead atoms. The number of rotatable bonds is 4. The van der Waals surface area contributed by atoms with E-state index in [0.717, 1.165) is 17.4 Å². The summed E-state index contributed by atoms with van der Waals surface area (Å²) in [6.07, 6.45) is 0.326. The molecule has 5 aromatic rings. The highest BCUT2D eigenvalue weighted by Crippen LogP contribution is 2.37. The van der Waals surface area contributed by atoms with Gasteiger partial charge in [0.25, 0.3) is 0 Å². The first kappa shape index (κ1) is 15.8. The second-order valence-electron chi connectivity index (χ2n) is 9.30. The van der Waals surface area contributed by atoms with Crippen LogP contribution in [0.4, 0.5) is 0 Å². The van der Waals surface area contributed by atoms with Crippen LogP contribution in [0.15, 0.2) is 79.0 Å². The van der Waals surface area contributed by atoms with Crippen molar-refractivity contribution >= 4 is 31.5 Å².